The van der Waals surface area contributed by atoms with Gasteiger partial charge in [0.2, 0.25) is 0 Å². The standard InChI is InChI=1S/C17H22N2O/c1-20-17(8-4-9-17)12-14(18)11-13-7-10-19-16-6-3-2-5-15(13)16/h2-3,5-7,10,14H,4,8-9,11-12,18H2,1H3. The molecule has 1 atom stereocenters. The summed E-state index contributed by atoms with van der Waals surface area (Å²) in [5.74, 6) is 0. The lowest BCUT2D eigenvalue weighted by Gasteiger charge is -2.42. The van der Waals surface area contributed by atoms with Crippen LogP contribution in [-0.2, 0) is 11.2 Å². The summed E-state index contributed by atoms with van der Waals surface area (Å²) in [7, 11) is 1.81. The van der Waals surface area contributed by atoms with Crippen LogP contribution in [-0.4, -0.2) is 23.7 Å². The quantitative estimate of drug-likeness (QED) is 0.908. The summed E-state index contributed by atoms with van der Waals surface area (Å²) in [4.78, 5) is 4.40. The number of aromatic nitrogens is 1. The van der Waals surface area contributed by atoms with E-state index in [0.29, 0.717) is 0 Å². The van der Waals surface area contributed by atoms with Crippen LogP contribution in [0.2, 0.25) is 0 Å². The van der Waals surface area contributed by atoms with E-state index in [9.17, 15) is 0 Å². The molecule has 1 aliphatic carbocycles. The average Bonchev–Trinajstić information content (AvgIpc) is 2.43. The molecule has 1 aliphatic rings. The van der Waals surface area contributed by atoms with Crippen molar-refractivity contribution < 1.29 is 4.74 Å². The highest BCUT2D eigenvalue weighted by Crippen LogP contribution is 2.39. The van der Waals surface area contributed by atoms with Crippen molar-refractivity contribution in [3.8, 4) is 0 Å². The zero-order chi connectivity index (χ0) is 14.0. The van der Waals surface area contributed by atoms with Crippen LogP contribution in [0.15, 0.2) is 36.5 Å². The molecule has 3 heteroatoms. The lowest BCUT2D eigenvalue weighted by atomic mass is 9.75. The second kappa shape index (κ2) is 5.51. The van der Waals surface area contributed by atoms with Crippen LogP contribution in [0.3, 0.4) is 0 Å². The van der Waals surface area contributed by atoms with Gasteiger partial charge in [-0.25, -0.2) is 0 Å². The predicted molar refractivity (Wildman–Crippen MR) is 81.6 cm³/mol. The molecule has 2 N–H and O–H groups in total. The van der Waals surface area contributed by atoms with Crippen LogP contribution >= 0.6 is 0 Å². The number of methoxy groups -OCH3 is 1. The van der Waals surface area contributed by atoms with Crippen molar-refractivity contribution >= 4 is 10.9 Å². The zero-order valence-corrected chi connectivity index (χ0v) is 12.0. The van der Waals surface area contributed by atoms with Gasteiger partial charge in [0.1, 0.15) is 0 Å². The number of nitrogens with two attached hydrogens (primary N) is 1. The SMILES string of the molecule is COC1(CC(N)Cc2ccnc3ccccc23)CCC1. The Labute approximate surface area is 120 Å². The second-order valence-corrected chi connectivity index (χ2v) is 5.90. The molecule has 1 aromatic carbocycles. The third kappa shape index (κ3) is 2.56. The number of hydrogen-bond acceptors (Lipinski definition) is 3. The van der Waals surface area contributed by atoms with Crippen molar-refractivity contribution in [1.82, 2.24) is 4.98 Å². The number of para-hydroxylation sites is 1. The Bertz CT molecular complexity index is 582. The summed E-state index contributed by atoms with van der Waals surface area (Å²) in [6.45, 7) is 0. The van der Waals surface area contributed by atoms with E-state index in [1.54, 1.807) is 0 Å². The van der Waals surface area contributed by atoms with E-state index < -0.39 is 0 Å². The minimum absolute atomic E-state index is 0.0439. The zero-order valence-electron chi connectivity index (χ0n) is 12.0. The van der Waals surface area contributed by atoms with Crippen molar-refractivity contribution in [1.29, 1.82) is 0 Å². The molecule has 0 saturated heterocycles. The van der Waals surface area contributed by atoms with Crippen LogP contribution < -0.4 is 5.73 Å². The number of ether oxygens (including phenoxy) is 1. The molecule has 106 valence electrons. The van der Waals surface area contributed by atoms with Gasteiger partial charge < -0.3 is 10.5 Å². The summed E-state index contributed by atoms with van der Waals surface area (Å²) in [6, 6.07) is 10.5. The van der Waals surface area contributed by atoms with Crippen molar-refractivity contribution in [3.63, 3.8) is 0 Å². The third-order valence-electron chi connectivity index (χ3n) is 4.55. The highest BCUT2D eigenvalue weighted by atomic mass is 16.5. The van der Waals surface area contributed by atoms with Crippen LogP contribution in [0.1, 0.15) is 31.2 Å². The number of rotatable bonds is 5. The molecule has 1 saturated carbocycles. The fourth-order valence-electron chi connectivity index (χ4n) is 3.23. The van der Waals surface area contributed by atoms with E-state index in [0.717, 1.165) is 31.2 Å². The molecule has 1 fully saturated rings. The van der Waals surface area contributed by atoms with E-state index in [4.69, 9.17) is 10.5 Å². The maximum Gasteiger partial charge on any atom is 0.0704 e. The monoisotopic (exact) mass is 270 g/mol. The van der Waals surface area contributed by atoms with E-state index >= 15 is 0 Å². The topological polar surface area (TPSA) is 48.1 Å². The Kier molecular flexibility index (Phi) is 3.72. The van der Waals surface area contributed by atoms with Crippen molar-refractivity contribution in [2.24, 2.45) is 5.73 Å². The number of fused-ring (bicyclic) bond motifs is 1. The Balaban J connectivity index is 1.76. The molecule has 3 nitrogen and oxygen atoms in total. The van der Waals surface area contributed by atoms with E-state index in [1.807, 2.05) is 25.4 Å². The molecule has 2 aromatic rings. The van der Waals surface area contributed by atoms with E-state index in [1.165, 1.54) is 17.4 Å². The second-order valence-electron chi connectivity index (χ2n) is 5.90. The molecule has 20 heavy (non-hydrogen) atoms. The number of benzene rings is 1. The smallest absolute Gasteiger partial charge is 0.0704 e. The average molecular weight is 270 g/mol. The molecule has 3 rings (SSSR count). The molecule has 0 bridgehead atoms. The summed E-state index contributed by atoms with van der Waals surface area (Å²) < 4.78 is 5.68. The first-order valence-corrected chi connectivity index (χ1v) is 7.36. The first-order chi connectivity index (χ1) is 9.72. The highest BCUT2D eigenvalue weighted by Gasteiger charge is 2.38. The predicted octanol–water partition coefficient (Wildman–Crippen LogP) is 3.06. The normalized spacial score (nSPS) is 18.7. The Hall–Kier alpha value is -1.45. The first-order valence-electron chi connectivity index (χ1n) is 7.36. The minimum atomic E-state index is 0.0439. The van der Waals surface area contributed by atoms with Gasteiger partial charge in [-0.15, -0.1) is 0 Å². The molecule has 0 radical (unpaired) electrons. The lowest BCUT2D eigenvalue weighted by Crippen LogP contribution is -2.45. The van der Waals surface area contributed by atoms with Gasteiger partial charge in [-0.1, -0.05) is 18.2 Å². The first kappa shape index (κ1) is 13.5. The Morgan fingerprint density at radius 3 is 2.80 bits per heavy atom. The third-order valence-corrected chi connectivity index (χ3v) is 4.55. The number of nitrogens with zero attached hydrogens (tertiary/aromatic N) is 1. The highest BCUT2D eigenvalue weighted by molar-refractivity contribution is 5.81. The van der Waals surface area contributed by atoms with E-state index in [-0.39, 0.29) is 11.6 Å². The molecule has 0 spiro atoms. The van der Waals surface area contributed by atoms with Gasteiger partial charge in [0.05, 0.1) is 11.1 Å². The summed E-state index contributed by atoms with van der Waals surface area (Å²) in [5.41, 5.74) is 8.74. The molecule has 1 aromatic heterocycles. The number of pyridine rings is 1. The summed E-state index contributed by atoms with van der Waals surface area (Å²) in [5, 5.41) is 1.21. The van der Waals surface area contributed by atoms with Gasteiger partial charge in [-0.05, 0) is 49.8 Å². The Morgan fingerprint density at radius 2 is 2.10 bits per heavy atom. The molecular formula is C17H22N2O. The van der Waals surface area contributed by atoms with Gasteiger partial charge in [-0.2, -0.15) is 0 Å². The van der Waals surface area contributed by atoms with Crippen molar-refractivity contribution in [3.05, 3.63) is 42.1 Å². The Morgan fingerprint density at radius 1 is 1.30 bits per heavy atom. The van der Waals surface area contributed by atoms with Crippen LogP contribution in [0, 0.1) is 0 Å². The molecular weight excluding hydrogens is 248 g/mol. The molecule has 0 aliphatic heterocycles. The largest absolute Gasteiger partial charge is 0.378 e. The van der Waals surface area contributed by atoms with Gasteiger partial charge in [0, 0.05) is 24.7 Å². The molecule has 1 heterocycles. The van der Waals surface area contributed by atoms with Crippen LogP contribution in [0.25, 0.3) is 10.9 Å². The fourth-order valence-corrected chi connectivity index (χ4v) is 3.23. The van der Waals surface area contributed by atoms with Crippen LogP contribution in [0.4, 0.5) is 0 Å². The number of hydrogen-bond donors (Lipinski definition) is 1. The minimum Gasteiger partial charge on any atom is -0.378 e. The van der Waals surface area contributed by atoms with Gasteiger partial charge in [-0.3, -0.25) is 4.98 Å². The lowest BCUT2D eigenvalue weighted by molar-refractivity contribution is -0.0813. The van der Waals surface area contributed by atoms with Gasteiger partial charge in [0.15, 0.2) is 0 Å². The summed E-state index contributed by atoms with van der Waals surface area (Å²) >= 11 is 0. The van der Waals surface area contributed by atoms with Gasteiger partial charge >= 0.3 is 0 Å². The summed E-state index contributed by atoms with van der Waals surface area (Å²) in [6.07, 6.45) is 7.26. The van der Waals surface area contributed by atoms with Crippen molar-refractivity contribution in [2.45, 2.75) is 43.7 Å². The van der Waals surface area contributed by atoms with Crippen LogP contribution in [0.5, 0.6) is 0 Å². The fraction of sp³-hybridized carbons (Fsp3) is 0.471. The molecule has 1 unspecified atom stereocenters. The maximum atomic E-state index is 6.37. The van der Waals surface area contributed by atoms with E-state index in [2.05, 4.69) is 23.2 Å². The maximum absolute atomic E-state index is 6.37. The molecule has 0 amide bonds. The van der Waals surface area contributed by atoms with Crippen molar-refractivity contribution in [2.75, 3.05) is 7.11 Å². The van der Waals surface area contributed by atoms with Gasteiger partial charge in [0.25, 0.3) is 0 Å².